The summed E-state index contributed by atoms with van der Waals surface area (Å²) < 4.78 is 5.52. The van der Waals surface area contributed by atoms with Crippen molar-refractivity contribution in [3.63, 3.8) is 0 Å². The van der Waals surface area contributed by atoms with Gasteiger partial charge in [0.2, 0.25) is 0 Å². The molecule has 2 rings (SSSR count). The lowest BCUT2D eigenvalue weighted by Gasteiger charge is -2.34. The zero-order valence-electron chi connectivity index (χ0n) is 13.6. The molecule has 0 saturated heterocycles. The Morgan fingerprint density at radius 3 is 2.35 bits per heavy atom. The molecule has 0 spiro atoms. The minimum Gasteiger partial charge on any atom is -0.496 e. The number of benzene rings is 1. The van der Waals surface area contributed by atoms with Crippen molar-refractivity contribution in [2.24, 2.45) is 11.3 Å². The molecule has 1 aromatic rings. The first-order chi connectivity index (χ1) is 9.34. The van der Waals surface area contributed by atoms with Gasteiger partial charge in [-0.25, -0.2) is 0 Å². The summed E-state index contributed by atoms with van der Waals surface area (Å²) in [7, 11) is 1.76. The average molecular weight is 275 g/mol. The van der Waals surface area contributed by atoms with Crippen molar-refractivity contribution >= 4 is 0 Å². The molecule has 20 heavy (non-hydrogen) atoms. The van der Waals surface area contributed by atoms with Gasteiger partial charge >= 0.3 is 0 Å². The Bertz CT molecular complexity index is 445. The van der Waals surface area contributed by atoms with Gasteiger partial charge in [0.05, 0.1) is 7.11 Å². The third kappa shape index (κ3) is 3.99. The lowest BCUT2D eigenvalue weighted by Crippen LogP contribution is -2.44. The van der Waals surface area contributed by atoms with Crippen LogP contribution in [0.25, 0.3) is 0 Å². The van der Waals surface area contributed by atoms with E-state index >= 15 is 0 Å². The van der Waals surface area contributed by atoms with Crippen LogP contribution >= 0.6 is 0 Å². The number of para-hydroxylation sites is 1. The van der Waals surface area contributed by atoms with Crippen LogP contribution in [0.2, 0.25) is 0 Å². The highest BCUT2D eigenvalue weighted by atomic mass is 16.5. The molecule has 112 valence electrons. The molecule has 1 aliphatic rings. The number of rotatable bonds is 6. The molecule has 1 saturated carbocycles. The van der Waals surface area contributed by atoms with Crippen molar-refractivity contribution in [3.05, 3.63) is 29.8 Å². The van der Waals surface area contributed by atoms with E-state index in [1.807, 2.05) is 6.07 Å². The molecule has 1 aliphatic carbocycles. The molecule has 0 amide bonds. The van der Waals surface area contributed by atoms with Crippen molar-refractivity contribution < 1.29 is 4.74 Å². The van der Waals surface area contributed by atoms with E-state index in [-0.39, 0.29) is 5.54 Å². The second-order valence-electron chi connectivity index (χ2n) is 7.52. The third-order valence-electron chi connectivity index (χ3n) is 4.37. The number of hydrogen-bond acceptors (Lipinski definition) is 2. The lowest BCUT2D eigenvalue weighted by molar-refractivity contribution is 0.225. The zero-order chi connectivity index (χ0) is 14.8. The van der Waals surface area contributed by atoms with E-state index in [4.69, 9.17) is 4.74 Å². The molecule has 0 aliphatic heterocycles. The van der Waals surface area contributed by atoms with Crippen LogP contribution in [0.4, 0.5) is 0 Å². The molecule has 2 heteroatoms. The lowest BCUT2D eigenvalue weighted by atomic mass is 9.78. The summed E-state index contributed by atoms with van der Waals surface area (Å²) in [6.07, 6.45) is 3.83. The van der Waals surface area contributed by atoms with Gasteiger partial charge in [0.25, 0.3) is 0 Å². The maximum absolute atomic E-state index is 5.52. The fraction of sp³-hybridized carbons (Fsp3) is 0.667. The summed E-state index contributed by atoms with van der Waals surface area (Å²) in [5.41, 5.74) is 1.83. The molecule has 1 aromatic carbocycles. The van der Waals surface area contributed by atoms with Crippen LogP contribution in [0.15, 0.2) is 24.3 Å². The minimum absolute atomic E-state index is 0.178. The Morgan fingerprint density at radius 2 is 1.80 bits per heavy atom. The van der Waals surface area contributed by atoms with Crippen LogP contribution in [0.3, 0.4) is 0 Å². The Balaban J connectivity index is 2.12. The van der Waals surface area contributed by atoms with Gasteiger partial charge in [0.15, 0.2) is 0 Å². The van der Waals surface area contributed by atoms with Crippen LogP contribution < -0.4 is 10.1 Å². The Hall–Kier alpha value is -1.02. The quantitative estimate of drug-likeness (QED) is 0.846. The molecule has 0 radical (unpaired) electrons. The van der Waals surface area contributed by atoms with Crippen molar-refractivity contribution in [2.75, 3.05) is 13.7 Å². The third-order valence-corrected chi connectivity index (χ3v) is 4.37. The average Bonchev–Trinajstić information content (AvgIpc) is 3.21. The van der Waals surface area contributed by atoms with E-state index in [1.165, 1.54) is 18.4 Å². The topological polar surface area (TPSA) is 21.3 Å². The van der Waals surface area contributed by atoms with Crippen LogP contribution in [0.1, 0.15) is 46.1 Å². The molecule has 0 bridgehead atoms. The van der Waals surface area contributed by atoms with Crippen molar-refractivity contribution in [2.45, 2.75) is 52.5 Å². The number of ether oxygens (including phenoxy) is 1. The predicted octanol–water partition coefficient (Wildman–Crippen LogP) is 4.04. The first kappa shape index (κ1) is 15.4. The van der Waals surface area contributed by atoms with Gasteiger partial charge in [0.1, 0.15) is 5.75 Å². The second-order valence-corrected chi connectivity index (χ2v) is 7.52. The second kappa shape index (κ2) is 5.77. The van der Waals surface area contributed by atoms with Crippen molar-refractivity contribution in [1.29, 1.82) is 0 Å². The molecular formula is C18H29NO. The van der Waals surface area contributed by atoms with Gasteiger partial charge in [0, 0.05) is 12.1 Å². The Labute approximate surface area is 123 Å². The maximum Gasteiger partial charge on any atom is 0.122 e. The fourth-order valence-electron chi connectivity index (χ4n) is 2.88. The van der Waals surface area contributed by atoms with Crippen LogP contribution in [0, 0.1) is 11.3 Å². The van der Waals surface area contributed by atoms with E-state index in [0.717, 1.165) is 24.6 Å². The fourth-order valence-corrected chi connectivity index (χ4v) is 2.88. The summed E-state index contributed by atoms with van der Waals surface area (Å²) in [5, 5.41) is 3.70. The van der Waals surface area contributed by atoms with Crippen molar-refractivity contribution in [3.8, 4) is 5.75 Å². The smallest absolute Gasteiger partial charge is 0.122 e. The van der Waals surface area contributed by atoms with Gasteiger partial charge in [-0.05, 0) is 63.0 Å². The molecule has 0 aromatic heterocycles. The minimum atomic E-state index is 0.178. The maximum atomic E-state index is 5.52. The summed E-state index contributed by atoms with van der Waals surface area (Å²) in [6, 6.07) is 8.43. The van der Waals surface area contributed by atoms with Crippen LogP contribution in [-0.4, -0.2) is 19.2 Å². The molecule has 1 atom stereocenters. The Kier molecular flexibility index (Phi) is 4.43. The monoisotopic (exact) mass is 275 g/mol. The number of hydrogen-bond donors (Lipinski definition) is 1. The highest BCUT2D eigenvalue weighted by molar-refractivity contribution is 5.34. The molecule has 0 heterocycles. The molecule has 2 nitrogen and oxygen atoms in total. The largest absolute Gasteiger partial charge is 0.496 e. The summed E-state index contributed by atoms with van der Waals surface area (Å²) in [6.45, 7) is 10.2. The molecular weight excluding hydrogens is 246 g/mol. The molecule has 1 fully saturated rings. The zero-order valence-corrected chi connectivity index (χ0v) is 13.6. The normalized spacial score (nSPS) is 18.6. The van der Waals surface area contributed by atoms with E-state index in [9.17, 15) is 0 Å². The SMILES string of the molecule is COc1ccccc1CC(C)(CNC(C)(C)C)C1CC1. The summed E-state index contributed by atoms with van der Waals surface area (Å²) in [4.78, 5) is 0. The summed E-state index contributed by atoms with van der Waals surface area (Å²) in [5.74, 6) is 1.87. The predicted molar refractivity (Wildman–Crippen MR) is 85.3 cm³/mol. The van der Waals surface area contributed by atoms with Gasteiger partial charge in [-0.15, -0.1) is 0 Å². The van der Waals surface area contributed by atoms with E-state index in [2.05, 4.69) is 51.2 Å². The van der Waals surface area contributed by atoms with Crippen LogP contribution in [-0.2, 0) is 6.42 Å². The standard InChI is InChI=1S/C18H29NO/c1-17(2,3)19-13-18(4,15-10-11-15)12-14-8-6-7-9-16(14)20-5/h6-9,15,19H,10-13H2,1-5H3. The van der Waals surface area contributed by atoms with Gasteiger partial charge in [-0.2, -0.15) is 0 Å². The van der Waals surface area contributed by atoms with E-state index in [0.29, 0.717) is 5.41 Å². The number of nitrogens with one attached hydrogen (secondary N) is 1. The van der Waals surface area contributed by atoms with Gasteiger partial charge < -0.3 is 10.1 Å². The number of methoxy groups -OCH3 is 1. The summed E-state index contributed by atoms with van der Waals surface area (Å²) >= 11 is 0. The first-order valence-electron chi connectivity index (χ1n) is 7.71. The first-order valence-corrected chi connectivity index (χ1v) is 7.71. The highest BCUT2D eigenvalue weighted by Gasteiger charge is 2.42. The van der Waals surface area contributed by atoms with E-state index < -0.39 is 0 Å². The van der Waals surface area contributed by atoms with Crippen molar-refractivity contribution in [1.82, 2.24) is 5.32 Å². The van der Waals surface area contributed by atoms with Gasteiger partial charge in [-0.1, -0.05) is 25.1 Å². The highest BCUT2D eigenvalue weighted by Crippen LogP contribution is 2.48. The molecule has 1 unspecified atom stereocenters. The Morgan fingerprint density at radius 1 is 1.15 bits per heavy atom. The van der Waals surface area contributed by atoms with Gasteiger partial charge in [-0.3, -0.25) is 0 Å². The van der Waals surface area contributed by atoms with Crippen LogP contribution in [0.5, 0.6) is 5.75 Å². The molecule has 1 N–H and O–H groups in total. The van der Waals surface area contributed by atoms with E-state index in [1.54, 1.807) is 7.11 Å².